The molecular formula is C20H17F6N7O. The van der Waals surface area contributed by atoms with E-state index < -0.39 is 48.0 Å². The van der Waals surface area contributed by atoms with Crippen molar-refractivity contribution in [2.75, 3.05) is 5.32 Å². The van der Waals surface area contributed by atoms with Gasteiger partial charge in [-0.2, -0.15) is 37.3 Å². The Kier molecular flexibility index (Phi) is 5.83. The molecule has 0 aliphatic carbocycles. The van der Waals surface area contributed by atoms with Gasteiger partial charge in [-0.3, -0.25) is 9.48 Å². The smallest absolute Gasteiger partial charge is 0.363 e. The second kappa shape index (κ2) is 8.50. The van der Waals surface area contributed by atoms with Crippen LogP contribution in [0.25, 0.3) is 0 Å². The van der Waals surface area contributed by atoms with Crippen molar-refractivity contribution >= 4 is 17.9 Å². The highest BCUT2D eigenvalue weighted by molar-refractivity contribution is 5.93. The molecule has 4 rings (SSSR count). The summed E-state index contributed by atoms with van der Waals surface area (Å²) in [5, 5.41) is 14.1. The van der Waals surface area contributed by atoms with Gasteiger partial charge in [0.05, 0.1) is 18.5 Å². The molecule has 0 bridgehead atoms. The highest BCUT2D eigenvalue weighted by Crippen LogP contribution is 2.50. The number of nitrogens with zero attached hydrogens (tertiary/aromatic N) is 5. The number of halogens is 6. The number of aromatic nitrogens is 4. The zero-order valence-electron chi connectivity index (χ0n) is 17.4. The van der Waals surface area contributed by atoms with Crippen LogP contribution in [-0.2, 0) is 7.05 Å². The number of aryl methyl sites for hydroxylation is 1. The molecule has 34 heavy (non-hydrogen) atoms. The van der Waals surface area contributed by atoms with Gasteiger partial charge in [-0.15, -0.1) is 0 Å². The fourth-order valence-corrected chi connectivity index (χ4v) is 3.55. The minimum atomic E-state index is -5.86. The first-order valence-electron chi connectivity index (χ1n) is 9.84. The second-order valence-electron chi connectivity index (χ2n) is 7.63. The predicted octanol–water partition coefficient (Wildman–Crippen LogP) is 3.82. The van der Waals surface area contributed by atoms with Gasteiger partial charge in [0.1, 0.15) is 17.7 Å². The number of fused-ring (bicyclic) bond motifs is 1. The standard InChI is InChI=1S/C20H17F6N7O/c1-32-10-11(9-28-32)8-27-30-18(34)15-7-17-29-14(12-2-4-13(21)5-3-12)6-16(33(17)31-15)19(22,23)20(24,25)26/h2-5,7-10,14,16,29H,6H2,1H3,(H,30,34)/b27-8-/t14-,16+/m0/s1. The first-order chi connectivity index (χ1) is 16.0. The van der Waals surface area contributed by atoms with E-state index in [-0.39, 0.29) is 5.82 Å². The van der Waals surface area contributed by atoms with Crippen LogP contribution in [0.3, 0.4) is 0 Å². The van der Waals surface area contributed by atoms with Crippen LogP contribution >= 0.6 is 0 Å². The summed E-state index contributed by atoms with van der Waals surface area (Å²) in [6.45, 7) is 0. The molecule has 0 spiro atoms. The fourth-order valence-electron chi connectivity index (χ4n) is 3.55. The molecule has 8 nitrogen and oxygen atoms in total. The normalized spacial score (nSPS) is 18.6. The number of hydrazone groups is 1. The summed E-state index contributed by atoms with van der Waals surface area (Å²) >= 11 is 0. The van der Waals surface area contributed by atoms with Crippen LogP contribution in [0.4, 0.5) is 32.2 Å². The lowest BCUT2D eigenvalue weighted by Crippen LogP contribution is -2.47. The van der Waals surface area contributed by atoms with E-state index in [1.54, 1.807) is 13.2 Å². The van der Waals surface area contributed by atoms with Crippen LogP contribution in [-0.4, -0.2) is 43.8 Å². The maximum absolute atomic E-state index is 14.4. The molecule has 1 aromatic carbocycles. The van der Waals surface area contributed by atoms with E-state index in [0.717, 1.165) is 18.2 Å². The topological polar surface area (TPSA) is 89.1 Å². The van der Waals surface area contributed by atoms with E-state index in [0.29, 0.717) is 15.8 Å². The van der Waals surface area contributed by atoms with Gasteiger partial charge in [-0.1, -0.05) is 12.1 Å². The summed E-state index contributed by atoms with van der Waals surface area (Å²) in [6, 6.07) is 2.29. The highest BCUT2D eigenvalue weighted by atomic mass is 19.4. The summed E-state index contributed by atoms with van der Waals surface area (Å²) in [6.07, 6.45) is -2.23. The Morgan fingerprint density at radius 2 is 1.94 bits per heavy atom. The third-order valence-corrected chi connectivity index (χ3v) is 5.22. The number of rotatable bonds is 5. The zero-order chi connectivity index (χ0) is 24.7. The molecule has 14 heteroatoms. The summed E-state index contributed by atoms with van der Waals surface area (Å²) in [4.78, 5) is 12.4. The van der Waals surface area contributed by atoms with Crippen LogP contribution in [0.1, 0.15) is 40.1 Å². The molecule has 2 atom stereocenters. The lowest BCUT2D eigenvalue weighted by molar-refractivity contribution is -0.301. The maximum atomic E-state index is 14.4. The number of amides is 1. The van der Waals surface area contributed by atoms with E-state index in [4.69, 9.17) is 0 Å². The van der Waals surface area contributed by atoms with Crippen molar-refractivity contribution in [2.24, 2.45) is 12.1 Å². The monoisotopic (exact) mass is 485 g/mol. The number of carbonyl (C=O) groups is 1. The molecule has 0 unspecified atom stereocenters. The molecule has 0 saturated heterocycles. The van der Waals surface area contributed by atoms with Crippen molar-refractivity contribution < 1.29 is 31.1 Å². The lowest BCUT2D eigenvalue weighted by Gasteiger charge is -2.37. The van der Waals surface area contributed by atoms with Crippen molar-refractivity contribution in [2.45, 2.75) is 30.6 Å². The summed E-state index contributed by atoms with van der Waals surface area (Å²) in [5.74, 6) is -6.89. The summed E-state index contributed by atoms with van der Waals surface area (Å²) in [5.41, 5.74) is 2.57. The highest BCUT2D eigenvalue weighted by Gasteiger charge is 2.64. The lowest BCUT2D eigenvalue weighted by atomic mass is 9.93. The van der Waals surface area contributed by atoms with Crippen molar-refractivity contribution in [3.05, 3.63) is 65.4 Å². The average Bonchev–Trinajstić information content (AvgIpc) is 3.38. The predicted molar refractivity (Wildman–Crippen MR) is 108 cm³/mol. The Hall–Kier alpha value is -3.84. The van der Waals surface area contributed by atoms with E-state index in [1.165, 1.54) is 29.2 Å². The Balaban J connectivity index is 1.63. The zero-order valence-corrected chi connectivity index (χ0v) is 17.4. The van der Waals surface area contributed by atoms with Crippen LogP contribution in [0.2, 0.25) is 0 Å². The van der Waals surface area contributed by atoms with E-state index in [1.807, 2.05) is 0 Å². The molecular weight excluding hydrogens is 468 g/mol. The fraction of sp³-hybridized carbons (Fsp3) is 0.300. The van der Waals surface area contributed by atoms with Gasteiger partial charge < -0.3 is 5.32 Å². The molecule has 1 aliphatic heterocycles. The number of benzene rings is 1. The Labute approximate surface area is 188 Å². The minimum Gasteiger partial charge on any atom is -0.363 e. The molecule has 0 saturated carbocycles. The van der Waals surface area contributed by atoms with Crippen LogP contribution in [0, 0.1) is 5.82 Å². The largest absolute Gasteiger partial charge is 0.455 e. The van der Waals surface area contributed by atoms with Gasteiger partial charge in [0, 0.05) is 31.3 Å². The minimum absolute atomic E-state index is 0.226. The van der Waals surface area contributed by atoms with Gasteiger partial charge >= 0.3 is 12.1 Å². The molecule has 0 fully saturated rings. The molecule has 1 aliphatic rings. The van der Waals surface area contributed by atoms with Gasteiger partial charge in [0.25, 0.3) is 5.91 Å². The van der Waals surface area contributed by atoms with Crippen LogP contribution in [0.5, 0.6) is 0 Å². The van der Waals surface area contributed by atoms with Crippen LogP contribution in [0.15, 0.2) is 47.8 Å². The van der Waals surface area contributed by atoms with Gasteiger partial charge in [0.2, 0.25) is 0 Å². The van der Waals surface area contributed by atoms with E-state index >= 15 is 0 Å². The quantitative estimate of drug-likeness (QED) is 0.327. The number of anilines is 1. The molecule has 1 amide bonds. The third-order valence-electron chi connectivity index (χ3n) is 5.22. The Bertz CT molecular complexity index is 1210. The number of hydrogen-bond donors (Lipinski definition) is 2. The number of nitrogens with one attached hydrogen (secondary N) is 2. The maximum Gasteiger partial charge on any atom is 0.455 e. The first kappa shape index (κ1) is 23.3. The number of alkyl halides is 5. The molecule has 2 aromatic heterocycles. The number of carbonyl (C=O) groups excluding carboxylic acids is 1. The van der Waals surface area contributed by atoms with Gasteiger partial charge in [-0.25, -0.2) is 14.5 Å². The molecule has 2 N–H and O–H groups in total. The Morgan fingerprint density at radius 1 is 1.24 bits per heavy atom. The summed E-state index contributed by atoms with van der Waals surface area (Å²) in [7, 11) is 1.67. The second-order valence-corrected chi connectivity index (χ2v) is 7.63. The molecule has 3 heterocycles. The van der Waals surface area contributed by atoms with Crippen molar-refractivity contribution in [3.8, 4) is 0 Å². The SMILES string of the molecule is Cn1cc(/C=N\NC(=O)c2cc3n(n2)[C@@H](C(F)(F)C(F)(F)F)C[C@@H](c2ccc(F)cc2)N3)cn1. The Morgan fingerprint density at radius 3 is 2.56 bits per heavy atom. The first-order valence-corrected chi connectivity index (χ1v) is 9.84. The average molecular weight is 485 g/mol. The molecule has 3 aromatic rings. The van der Waals surface area contributed by atoms with Crippen LogP contribution < -0.4 is 10.7 Å². The van der Waals surface area contributed by atoms with Gasteiger partial charge in [-0.05, 0) is 17.7 Å². The molecule has 180 valence electrons. The van der Waals surface area contributed by atoms with Crippen molar-refractivity contribution in [1.82, 2.24) is 25.0 Å². The third kappa shape index (κ3) is 4.47. The molecule has 0 radical (unpaired) electrons. The van der Waals surface area contributed by atoms with Gasteiger partial charge in [0.15, 0.2) is 5.69 Å². The van der Waals surface area contributed by atoms with Crippen molar-refractivity contribution in [3.63, 3.8) is 0 Å². The van der Waals surface area contributed by atoms with E-state index in [9.17, 15) is 31.1 Å². The number of hydrogen-bond acceptors (Lipinski definition) is 5. The van der Waals surface area contributed by atoms with Crippen molar-refractivity contribution in [1.29, 1.82) is 0 Å². The van der Waals surface area contributed by atoms with E-state index in [2.05, 4.69) is 26.0 Å². The summed E-state index contributed by atoms with van der Waals surface area (Å²) < 4.78 is 83.8.